The van der Waals surface area contributed by atoms with Crippen molar-refractivity contribution in [2.45, 2.75) is 45.6 Å². The van der Waals surface area contributed by atoms with Gasteiger partial charge in [0.1, 0.15) is 0 Å². The van der Waals surface area contributed by atoms with Crippen LogP contribution in [-0.4, -0.2) is 6.04 Å². The molecular weight excluding hydrogens is 241 g/mol. The molecule has 1 N–H and O–H groups in total. The van der Waals surface area contributed by atoms with E-state index >= 15 is 0 Å². The maximum atomic E-state index is 5.95. The molecular formula is C13H19Cl2N. The average molecular weight is 260 g/mol. The maximum Gasteiger partial charge on any atom is 0.0612 e. The molecule has 1 atom stereocenters. The number of unbranched alkanes of at least 4 members (excludes halogenated alkanes) is 2. The van der Waals surface area contributed by atoms with E-state index in [4.69, 9.17) is 23.2 Å². The average Bonchev–Trinajstić information content (AvgIpc) is 2.24. The lowest BCUT2D eigenvalue weighted by Crippen LogP contribution is -2.14. The van der Waals surface area contributed by atoms with E-state index in [9.17, 15) is 0 Å². The first-order valence-electron chi connectivity index (χ1n) is 5.85. The van der Waals surface area contributed by atoms with Gasteiger partial charge < -0.3 is 5.32 Å². The molecule has 0 fully saturated rings. The van der Waals surface area contributed by atoms with Crippen LogP contribution in [0.4, 0.5) is 5.69 Å². The predicted molar refractivity (Wildman–Crippen MR) is 73.7 cm³/mol. The van der Waals surface area contributed by atoms with Crippen molar-refractivity contribution in [3.05, 3.63) is 28.2 Å². The molecule has 0 aliphatic heterocycles. The van der Waals surface area contributed by atoms with Gasteiger partial charge in [0.25, 0.3) is 0 Å². The predicted octanol–water partition coefficient (Wildman–Crippen LogP) is 5.37. The normalized spacial score (nSPS) is 12.5. The summed E-state index contributed by atoms with van der Waals surface area (Å²) in [5.74, 6) is 0. The lowest BCUT2D eigenvalue weighted by atomic mass is 10.1. The van der Waals surface area contributed by atoms with Crippen molar-refractivity contribution in [2.24, 2.45) is 0 Å². The van der Waals surface area contributed by atoms with E-state index in [1.165, 1.54) is 25.7 Å². The van der Waals surface area contributed by atoms with E-state index in [0.717, 1.165) is 5.69 Å². The Morgan fingerprint density at radius 3 is 2.56 bits per heavy atom. The van der Waals surface area contributed by atoms with Crippen molar-refractivity contribution in [1.29, 1.82) is 0 Å². The molecule has 0 heterocycles. The van der Waals surface area contributed by atoms with Crippen LogP contribution in [0.15, 0.2) is 18.2 Å². The maximum absolute atomic E-state index is 5.95. The van der Waals surface area contributed by atoms with Gasteiger partial charge in [-0.2, -0.15) is 0 Å². The first-order valence-corrected chi connectivity index (χ1v) is 6.60. The van der Waals surface area contributed by atoms with Gasteiger partial charge in [-0.05, 0) is 31.5 Å². The summed E-state index contributed by atoms with van der Waals surface area (Å²) in [6.07, 6.45) is 5.02. The Morgan fingerprint density at radius 2 is 1.94 bits per heavy atom. The molecule has 1 nitrogen and oxygen atoms in total. The van der Waals surface area contributed by atoms with Crippen molar-refractivity contribution in [1.82, 2.24) is 0 Å². The van der Waals surface area contributed by atoms with Gasteiger partial charge in [0.15, 0.2) is 0 Å². The summed E-state index contributed by atoms with van der Waals surface area (Å²) in [6.45, 7) is 4.41. The van der Waals surface area contributed by atoms with Crippen LogP contribution in [0.3, 0.4) is 0 Å². The van der Waals surface area contributed by atoms with E-state index in [2.05, 4.69) is 19.2 Å². The van der Waals surface area contributed by atoms with Crippen LogP contribution in [0.2, 0.25) is 10.0 Å². The molecule has 16 heavy (non-hydrogen) atoms. The first kappa shape index (κ1) is 13.7. The summed E-state index contributed by atoms with van der Waals surface area (Å²) >= 11 is 11.8. The topological polar surface area (TPSA) is 12.0 Å². The lowest BCUT2D eigenvalue weighted by Gasteiger charge is -2.15. The fourth-order valence-electron chi connectivity index (χ4n) is 1.64. The van der Waals surface area contributed by atoms with E-state index in [0.29, 0.717) is 16.1 Å². The van der Waals surface area contributed by atoms with Crippen molar-refractivity contribution in [2.75, 3.05) is 5.32 Å². The van der Waals surface area contributed by atoms with Crippen molar-refractivity contribution < 1.29 is 0 Å². The van der Waals surface area contributed by atoms with Gasteiger partial charge in [0.2, 0.25) is 0 Å². The van der Waals surface area contributed by atoms with Crippen LogP contribution in [0.1, 0.15) is 39.5 Å². The molecule has 0 amide bonds. The Morgan fingerprint density at radius 1 is 1.19 bits per heavy atom. The molecule has 0 saturated carbocycles. The monoisotopic (exact) mass is 259 g/mol. The van der Waals surface area contributed by atoms with E-state index in [-0.39, 0.29) is 0 Å². The number of hydrogen-bond donors (Lipinski definition) is 1. The van der Waals surface area contributed by atoms with Crippen LogP contribution >= 0.6 is 23.2 Å². The molecule has 0 aromatic heterocycles. The second-order valence-electron chi connectivity index (χ2n) is 4.17. The number of halogens is 2. The van der Waals surface area contributed by atoms with Crippen LogP contribution in [0.5, 0.6) is 0 Å². The van der Waals surface area contributed by atoms with Gasteiger partial charge in [-0.25, -0.2) is 0 Å². The quantitative estimate of drug-likeness (QED) is 0.677. The highest BCUT2D eigenvalue weighted by Gasteiger charge is 2.03. The highest BCUT2D eigenvalue weighted by Crippen LogP contribution is 2.25. The fraction of sp³-hybridized carbons (Fsp3) is 0.538. The zero-order valence-corrected chi connectivity index (χ0v) is 11.4. The highest BCUT2D eigenvalue weighted by molar-refractivity contribution is 6.42. The van der Waals surface area contributed by atoms with Crippen molar-refractivity contribution in [3.8, 4) is 0 Å². The number of rotatable bonds is 6. The van der Waals surface area contributed by atoms with Crippen LogP contribution in [0.25, 0.3) is 0 Å². The smallest absolute Gasteiger partial charge is 0.0612 e. The third-order valence-electron chi connectivity index (χ3n) is 2.57. The fourth-order valence-corrected chi connectivity index (χ4v) is 1.94. The SMILES string of the molecule is CCCCCC(C)Nc1ccc(Cl)c(Cl)c1. The van der Waals surface area contributed by atoms with E-state index < -0.39 is 0 Å². The van der Waals surface area contributed by atoms with Gasteiger partial charge in [-0.1, -0.05) is 49.4 Å². The largest absolute Gasteiger partial charge is 0.383 e. The van der Waals surface area contributed by atoms with Gasteiger partial charge in [-0.3, -0.25) is 0 Å². The van der Waals surface area contributed by atoms with Crippen LogP contribution < -0.4 is 5.32 Å². The van der Waals surface area contributed by atoms with E-state index in [1.807, 2.05) is 18.2 Å². The lowest BCUT2D eigenvalue weighted by molar-refractivity contribution is 0.615. The zero-order chi connectivity index (χ0) is 12.0. The molecule has 1 aromatic carbocycles. The van der Waals surface area contributed by atoms with Gasteiger partial charge >= 0.3 is 0 Å². The molecule has 90 valence electrons. The number of hydrogen-bond acceptors (Lipinski definition) is 1. The molecule has 1 unspecified atom stereocenters. The Bertz CT molecular complexity index is 326. The number of nitrogens with one attached hydrogen (secondary N) is 1. The van der Waals surface area contributed by atoms with E-state index in [1.54, 1.807) is 0 Å². The summed E-state index contributed by atoms with van der Waals surface area (Å²) < 4.78 is 0. The molecule has 0 bridgehead atoms. The molecule has 3 heteroatoms. The summed E-state index contributed by atoms with van der Waals surface area (Å²) in [5, 5.41) is 4.63. The summed E-state index contributed by atoms with van der Waals surface area (Å²) in [5.41, 5.74) is 1.04. The zero-order valence-electron chi connectivity index (χ0n) is 9.89. The minimum absolute atomic E-state index is 0.476. The Labute approximate surface area is 108 Å². The minimum Gasteiger partial charge on any atom is -0.383 e. The molecule has 0 radical (unpaired) electrons. The summed E-state index contributed by atoms with van der Waals surface area (Å²) in [7, 11) is 0. The molecule has 0 aliphatic rings. The molecule has 0 aliphatic carbocycles. The number of anilines is 1. The van der Waals surface area contributed by atoms with Crippen molar-refractivity contribution >= 4 is 28.9 Å². The van der Waals surface area contributed by atoms with Gasteiger partial charge in [-0.15, -0.1) is 0 Å². The Balaban J connectivity index is 2.43. The first-order chi connectivity index (χ1) is 7.63. The third kappa shape index (κ3) is 4.63. The second-order valence-corrected chi connectivity index (χ2v) is 4.98. The van der Waals surface area contributed by atoms with Crippen molar-refractivity contribution in [3.63, 3.8) is 0 Å². The highest BCUT2D eigenvalue weighted by atomic mass is 35.5. The van der Waals surface area contributed by atoms with Crippen LogP contribution in [0, 0.1) is 0 Å². The summed E-state index contributed by atoms with van der Waals surface area (Å²) in [4.78, 5) is 0. The standard InChI is InChI=1S/C13H19Cl2N/c1-3-4-5-6-10(2)16-11-7-8-12(14)13(15)9-11/h7-10,16H,3-6H2,1-2H3. The van der Waals surface area contributed by atoms with Gasteiger partial charge in [0, 0.05) is 11.7 Å². The number of benzene rings is 1. The Hall–Kier alpha value is -0.400. The second kappa shape index (κ2) is 7.03. The molecule has 1 aromatic rings. The molecule has 0 spiro atoms. The third-order valence-corrected chi connectivity index (χ3v) is 3.31. The molecule has 0 saturated heterocycles. The van der Waals surface area contributed by atoms with Crippen LogP contribution in [-0.2, 0) is 0 Å². The minimum atomic E-state index is 0.476. The Kier molecular flexibility index (Phi) is 6.00. The van der Waals surface area contributed by atoms with Gasteiger partial charge in [0.05, 0.1) is 10.0 Å². The summed E-state index contributed by atoms with van der Waals surface area (Å²) in [6, 6.07) is 6.14. The molecule has 1 rings (SSSR count).